The molecule has 0 aromatic rings. The van der Waals surface area contributed by atoms with Gasteiger partial charge in [-0.05, 0) is 5.92 Å². The molecule has 0 radical (unpaired) electrons. The van der Waals surface area contributed by atoms with Crippen LogP contribution in [0.5, 0.6) is 0 Å². The molecule has 122 valence electrons. The molecule has 0 aliphatic rings. The molecule has 0 aliphatic heterocycles. The Bertz CT molecular complexity index is 209. The highest BCUT2D eigenvalue weighted by Gasteiger charge is 2.08. The molecule has 4 heteroatoms. The number of ether oxygens (including phenoxy) is 3. The quantitative estimate of drug-likeness (QED) is 0.566. The van der Waals surface area contributed by atoms with Gasteiger partial charge in [-0.2, -0.15) is 0 Å². The third kappa shape index (κ3) is 12.9. The van der Waals surface area contributed by atoms with Crippen molar-refractivity contribution in [2.24, 2.45) is 23.7 Å². The highest BCUT2D eigenvalue weighted by Crippen LogP contribution is 2.04. The van der Waals surface area contributed by atoms with Gasteiger partial charge in [0.05, 0.1) is 33.0 Å². The predicted octanol–water partition coefficient (Wildman–Crippen LogP) is 2.59. The Morgan fingerprint density at radius 1 is 0.600 bits per heavy atom. The maximum absolute atomic E-state index is 8.89. The van der Waals surface area contributed by atoms with Crippen LogP contribution in [-0.4, -0.2) is 51.4 Å². The normalized spacial score (nSPS) is 16.4. The van der Waals surface area contributed by atoms with Gasteiger partial charge in [-0.15, -0.1) is 0 Å². The van der Waals surface area contributed by atoms with Crippen LogP contribution in [0.15, 0.2) is 0 Å². The summed E-state index contributed by atoms with van der Waals surface area (Å²) >= 11 is 0. The maximum atomic E-state index is 8.89. The average Bonchev–Trinajstić information content (AvgIpc) is 2.38. The summed E-state index contributed by atoms with van der Waals surface area (Å²) in [6.45, 7) is 15.0. The summed E-state index contributed by atoms with van der Waals surface area (Å²) in [5.41, 5.74) is 0. The number of aliphatic hydroxyl groups is 1. The molecular formula is C16H34O4. The van der Waals surface area contributed by atoms with Crippen molar-refractivity contribution >= 4 is 0 Å². The van der Waals surface area contributed by atoms with Crippen LogP contribution in [0.25, 0.3) is 0 Å². The Balaban J connectivity index is 3.43. The third-order valence-electron chi connectivity index (χ3n) is 2.77. The first kappa shape index (κ1) is 19.8. The first-order valence-electron chi connectivity index (χ1n) is 7.79. The zero-order valence-electron chi connectivity index (χ0n) is 13.9. The average molecular weight is 290 g/mol. The fraction of sp³-hybridized carbons (Fsp3) is 1.00. The van der Waals surface area contributed by atoms with Crippen LogP contribution in [-0.2, 0) is 14.2 Å². The van der Waals surface area contributed by atoms with E-state index >= 15 is 0 Å². The molecule has 0 heterocycles. The van der Waals surface area contributed by atoms with E-state index in [2.05, 4.69) is 27.7 Å². The highest BCUT2D eigenvalue weighted by molar-refractivity contribution is 4.54. The van der Waals surface area contributed by atoms with E-state index in [-0.39, 0.29) is 12.5 Å². The summed E-state index contributed by atoms with van der Waals surface area (Å²) in [5, 5.41) is 8.89. The summed E-state index contributed by atoms with van der Waals surface area (Å²) in [6.07, 6.45) is 0. The number of hydrogen-bond acceptors (Lipinski definition) is 4. The van der Waals surface area contributed by atoms with Crippen molar-refractivity contribution < 1.29 is 19.3 Å². The van der Waals surface area contributed by atoms with Gasteiger partial charge >= 0.3 is 0 Å². The molecule has 0 saturated heterocycles. The molecule has 0 aliphatic carbocycles. The van der Waals surface area contributed by atoms with Crippen molar-refractivity contribution in [2.45, 2.75) is 34.6 Å². The topological polar surface area (TPSA) is 47.9 Å². The van der Waals surface area contributed by atoms with Crippen LogP contribution >= 0.6 is 0 Å². The van der Waals surface area contributed by atoms with E-state index in [0.717, 1.165) is 19.8 Å². The molecular weight excluding hydrogens is 256 g/mol. The maximum Gasteiger partial charge on any atom is 0.0513 e. The fourth-order valence-corrected chi connectivity index (χ4v) is 1.59. The molecule has 0 aromatic carbocycles. The Labute approximate surface area is 124 Å². The minimum absolute atomic E-state index is 0.179. The molecule has 0 fully saturated rings. The van der Waals surface area contributed by atoms with Crippen LogP contribution in [0, 0.1) is 23.7 Å². The summed E-state index contributed by atoms with van der Waals surface area (Å²) in [6, 6.07) is 0. The highest BCUT2D eigenvalue weighted by atomic mass is 16.5. The number of aliphatic hydroxyl groups excluding tert-OH is 1. The van der Waals surface area contributed by atoms with Gasteiger partial charge in [-0.3, -0.25) is 0 Å². The van der Waals surface area contributed by atoms with Crippen molar-refractivity contribution in [1.82, 2.24) is 0 Å². The zero-order chi connectivity index (χ0) is 15.4. The minimum atomic E-state index is 0.179. The van der Waals surface area contributed by atoms with E-state index in [1.807, 2.05) is 6.92 Å². The molecule has 0 spiro atoms. The van der Waals surface area contributed by atoms with Crippen molar-refractivity contribution in [3.05, 3.63) is 0 Å². The van der Waals surface area contributed by atoms with Crippen molar-refractivity contribution in [3.63, 3.8) is 0 Å². The van der Waals surface area contributed by atoms with Crippen LogP contribution in [0.1, 0.15) is 34.6 Å². The van der Waals surface area contributed by atoms with Crippen LogP contribution < -0.4 is 0 Å². The Kier molecular flexibility index (Phi) is 12.5. The standard InChI is InChI=1S/C16H34O4/c1-13(2)7-18-9-15(4)11-20-12-16(5)10-19-8-14(3)6-17/h13-17H,6-12H2,1-5H3. The van der Waals surface area contributed by atoms with Gasteiger partial charge in [0, 0.05) is 31.0 Å². The molecule has 20 heavy (non-hydrogen) atoms. The zero-order valence-corrected chi connectivity index (χ0v) is 13.9. The Morgan fingerprint density at radius 2 is 0.950 bits per heavy atom. The van der Waals surface area contributed by atoms with E-state index in [1.165, 1.54) is 0 Å². The lowest BCUT2D eigenvalue weighted by atomic mass is 10.2. The number of rotatable bonds is 13. The van der Waals surface area contributed by atoms with Gasteiger partial charge in [0.2, 0.25) is 0 Å². The van der Waals surface area contributed by atoms with Gasteiger partial charge in [0.1, 0.15) is 0 Å². The molecule has 0 amide bonds. The van der Waals surface area contributed by atoms with Crippen LogP contribution in [0.3, 0.4) is 0 Å². The van der Waals surface area contributed by atoms with E-state index in [4.69, 9.17) is 19.3 Å². The largest absolute Gasteiger partial charge is 0.396 e. The first-order chi connectivity index (χ1) is 9.45. The molecule has 0 saturated carbocycles. The number of hydrogen-bond donors (Lipinski definition) is 1. The summed E-state index contributed by atoms with van der Waals surface area (Å²) < 4.78 is 16.8. The third-order valence-corrected chi connectivity index (χ3v) is 2.77. The molecule has 1 N–H and O–H groups in total. The lowest BCUT2D eigenvalue weighted by Crippen LogP contribution is -2.20. The summed E-state index contributed by atoms with van der Waals surface area (Å²) in [4.78, 5) is 0. The lowest BCUT2D eigenvalue weighted by molar-refractivity contribution is 0.00357. The molecule has 4 nitrogen and oxygen atoms in total. The van der Waals surface area contributed by atoms with Crippen LogP contribution in [0.2, 0.25) is 0 Å². The summed E-state index contributed by atoms with van der Waals surface area (Å²) in [5.74, 6) is 1.60. The predicted molar refractivity (Wildman–Crippen MR) is 81.9 cm³/mol. The van der Waals surface area contributed by atoms with Crippen molar-refractivity contribution in [3.8, 4) is 0 Å². The Morgan fingerprint density at radius 3 is 1.30 bits per heavy atom. The minimum Gasteiger partial charge on any atom is -0.396 e. The smallest absolute Gasteiger partial charge is 0.0513 e. The second-order valence-electron chi connectivity index (χ2n) is 6.50. The van der Waals surface area contributed by atoms with Gasteiger partial charge < -0.3 is 19.3 Å². The molecule has 3 unspecified atom stereocenters. The Hall–Kier alpha value is -0.160. The lowest BCUT2D eigenvalue weighted by Gasteiger charge is -2.17. The van der Waals surface area contributed by atoms with Gasteiger partial charge in [-0.25, -0.2) is 0 Å². The van der Waals surface area contributed by atoms with E-state index in [9.17, 15) is 0 Å². The van der Waals surface area contributed by atoms with Crippen LogP contribution in [0.4, 0.5) is 0 Å². The van der Waals surface area contributed by atoms with E-state index < -0.39 is 0 Å². The van der Waals surface area contributed by atoms with Gasteiger partial charge in [-0.1, -0.05) is 34.6 Å². The van der Waals surface area contributed by atoms with Gasteiger partial charge in [0.25, 0.3) is 0 Å². The summed E-state index contributed by atoms with van der Waals surface area (Å²) in [7, 11) is 0. The molecule has 0 rings (SSSR count). The first-order valence-corrected chi connectivity index (χ1v) is 7.79. The van der Waals surface area contributed by atoms with E-state index in [0.29, 0.717) is 37.6 Å². The van der Waals surface area contributed by atoms with Gasteiger partial charge in [0.15, 0.2) is 0 Å². The fourth-order valence-electron chi connectivity index (χ4n) is 1.59. The van der Waals surface area contributed by atoms with E-state index in [1.54, 1.807) is 0 Å². The molecule has 0 aromatic heterocycles. The van der Waals surface area contributed by atoms with Crippen molar-refractivity contribution in [1.29, 1.82) is 0 Å². The molecule has 3 atom stereocenters. The molecule has 0 bridgehead atoms. The van der Waals surface area contributed by atoms with Crippen molar-refractivity contribution in [2.75, 3.05) is 46.2 Å². The second-order valence-corrected chi connectivity index (χ2v) is 6.50. The monoisotopic (exact) mass is 290 g/mol. The second kappa shape index (κ2) is 12.6. The SMILES string of the molecule is CC(C)COCC(C)COCC(C)COCC(C)CO.